The van der Waals surface area contributed by atoms with Crippen LogP contribution in [-0.4, -0.2) is 16.7 Å². The van der Waals surface area contributed by atoms with Crippen molar-refractivity contribution in [2.24, 2.45) is 0 Å². The van der Waals surface area contributed by atoms with Gasteiger partial charge in [0.15, 0.2) is 11.6 Å². The maximum atomic E-state index is 14.1. The van der Waals surface area contributed by atoms with Gasteiger partial charge in [-0.2, -0.15) is 0 Å². The molecule has 0 saturated carbocycles. The molecule has 3 nitrogen and oxygen atoms in total. The summed E-state index contributed by atoms with van der Waals surface area (Å²) < 4.78 is 0. The molecule has 0 atom stereocenters. The molecule has 184 valence electrons. The molecule has 1 aliphatic rings. The highest BCUT2D eigenvalue weighted by molar-refractivity contribution is 7.80. The van der Waals surface area contributed by atoms with E-state index in [1.54, 1.807) is 6.07 Å². The molecule has 0 unspecified atom stereocenters. The number of thiol groups is 1. The first kappa shape index (κ1) is 26.5. The van der Waals surface area contributed by atoms with Crippen LogP contribution in [-0.2, 0) is 25.7 Å². The minimum absolute atomic E-state index is 0.126. The van der Waals surface area contributed by atoms with Gasteiger partial charge in [-0.05, 0) is 85.8 Å². The molecule has 0 saturated heterocycles. The summed E-state index contributed by atoms with van der Waals surface area (Å²) in [6.07, 6.45) is 11.8. The third kappa shape index (κ3) is 4.98. The number of hydrogen-bond acceptors (Lipinski definition) is 4. The molecule has 4 heteroatoms. The summed E-state index contributed by atoms with van der Waals surface area (Å²) >= 11 is 4.53. The minimum Gasteiger partial charge on any atom is -0.507 e. The lowest BCUT2D eigenvalue weighted by atomic mass is 9.72. The number of ketones is 2. The van der Waals surface area contributed by atoms with Crippen LogP contribution >= 0.6 is 12.6 Å². The van der Waals surface area contributed by atoms with Gasteiger partial charge >= 0.3 is 0 Å². The van der Waals surface area contributed by atoms with Gasteiger partial charge in [0.1, 0.15) is 5.75 Å². The van der Waals surface area contributed by atoms with E-state index in [0.717, 1.165) is 88.2 Å². The van der Waals surface area contributed by atoms with Crippen LogP contribution < -0.4 is 0 Å². The van der Waals surface area contributed by atoms with Crippen LogP contribution in [0.1, 0.15) is 133 Å². The zero-order chi connectivity index (χ0) is 24.8. The SMILES string of the molecule is CCCCc1c(CCCC)c(CCCC)c2c(c1CCCC)C(=O)c1c(O)ccc(S)c1C2=O. The molecular formula is C30H40O3S. The van der Waals surface area contributed by atoms with Crippen molar-refractivity contribution < 1.29 is 14.7 Å². The number of hydrogen-bond donors (Lipinski definition) is 2. The van der Waals surface area contributed by atoms with E-state index in [2.05, 4.69) is 40.3 Å². The van der Waals surface area contributed by atoms with E-state index in [9.17, 15) is 14.7 Å². The van der Waals surface area contributed by atoms with Crippen molar-refractivity contribution in [2.45, 2.75) is 110 Å². The van der Waals surface area contributed by atoms with E-state index in [1.807, 2.05) is 0 Å². The second kappa shape index (κ2) is 12.1. The average molecular weight is 481 g/mol. The molecule has 1 N–H and O–H groups in total. The quantitative estimate of drug-likeness (QED) is 0.260. The minimum atomic E-state index is -0.207. The van der Waals surface area contributed by atoms with Crippen molar-refractivity contribution in [3.05, 3.63) is 56.6 Å². The van der Waals surface area contributed by atoms with Crippen LogP contribution in [0.25, 0.3) is 0 Å². The molecule has 0 fully saturated rings. The summed E-state index contributed by atoms with van der Waals surface area (Å²) in [5.41, 5.74) is 6.33. The Morgan fingerprint density at radius 2 is 0.971 bits per heavy atom. The van der Waals surface area contributed by atoms with E-state index < -0.39 is 0 Å². The first-order valence-electron chi connectivity index (χ1n) is 13.3. The second-order valence-electron chi connectivity index (χ2n) is 9.59. The lowest BCUT2D eigenvalue weighted by molar-refractivity contribution is 0.0972. The lowest BCUT2D eigenvalue weighted by Gasteiger charge is -2.30. The molecule has 34 heavy (non-hydrogen) atoms. The van der Waals surface area contributed by atoms with Gasteiger partial charge in [-0.1, -0.05) is 53.4 Å². The fourth-order valence-electron chi connectivity index (χ4n) is 5.33. The number of benzene rings is 2. The molecule has 0 aliphatic heterocycles. The summed E-state index contributed by atoms with van der Waals surface area (Å²) in [6, 6.07) is 3.10. The van der Waals surface area contributed by atoms with E-state index in [-0.39, 0.29) is 28.4 Å². The van der Waals surface area contributed by atoms with Crippen LogP contribution in [0.4, 0.5) is 0 Å². The molecular weight excluding hydrogens is 440 g/mol. The molecule has 2 aromatic carbocycles. The Bertz CT molecular complexity index is 984. The van der Waals surface area contributed by atoms with E-state index in [0.29, 0.717) is 16.0 Å². The Morgan fingerprint density at radius 1 is 0.588 bits per heavy atom. The van der Waals surface area contributed by atoms with Crippen molar-refractivity contribution in [1.29, 1.82) is 0 Å². The zero-order valence-electron chi connectivity index (χ0n) is 21.4. The molecule has 0 bridgehead atoms. The molecule has 3 rings (SSSR count). The maximum absolute atomic E-state index is 14.1. The van der Waals surface area contributed by atoms with Gasteiger partial charge < -0.3 is 5.11 Å². The maximum Gasteiger partial charge on any atom is 0.198 e. The number of fused-ring (bicyclic) bond motifs is 2. The number of phenols is 1. The van der Waals surface area contributed by atoms with Gasteiger partial charge in [0, 0.05) is 16.0 Å². The fourth-order valence-corrected chi connectivity index (χ4v) is 5.62. The third-order valence-electron chi connectivity index (χ3n) is 7.14. The highest BCUT2D eigenvalue weighted by Gasteiger charge is 2.38. The summed E-state index contributed by atoms with van der Waals surface area (Å²) in [4.78, 5) is 28.6. The molecule has 0 spiro atoms. The first-order chi connectivity index (χ1) is 16.4. The first-order valence-corrected chi connectivity index (χ1v) is 13.7. The smallest absolute Gasteiger partial charge is 0.198 e. The Labute approximate surface area is 210 Å². The van der Waals surface area contributed by atoms with Gasteiger partial charge in [-0.3, -0.25) is 9.59 Å². The lowest BCUT2D eigenvalue weighted by Crippen LogP contribution is -2.28. The monoisotopic (exact) mass is 480 g/mol. The Balaban J connectivity index is 2.43. The standard InChI is InChI=1S/C30H40O3S/c1-5-9-13-19-20(14-10-6-2)22(16-12-8-4)26-25(21(19)15-11-7-3)29(32)27-23(31)17-18-24(34)28(27)30(26)33/h17-18,31,34H,5-16H2,1-4H3. The Hall–Kier alpha value is -2.07. The summed E-state index contributed by atoms with van der Waals surface area (Å²) in [7, 11) is 0. The average Bonchev–Trinajstić information content (AvgIpc) is 2.83. The largest absolute Gasteiger partial charge is 0.507 e. The number of aromatic hydroxyl groups is 1. The number of rotatable bonds is 12. The van der Waals surface area contributed by atoms with Crippen molar-refractivity contribution >= 4 is 24.2 Å². The molecule has 0 amide bonds. The predicted octanol–water partition coefficient (Wildman–Crippen LogP) is 7.83. The highest BCUT2D eigenvalue weighted by atomic mass is 32.1. The Kier molecular flexibility index (Phi) is 9.41. The molecule has 1 aliphatic carbocycles. The normalized spacial score (nSPS) is 12.7. The van der Waals surface area contributed by atoms with Crippen LogP contribution in [0.3, 0.4) is 0 Å². The number of carbonyl (C=O) groups is 2. The van der Waals surface area contributed by atoms with Crippen molar-refractivity contribution in [3.63, 3.8) is 0 Å². The van der Waals surface area contributed by atoms with Gasteiger partial charge in [-0.25, -0.2) is 0 Å². The van der Waals surface area contributed by atoms with E-state index in [4.69, 9.17) is 0 Å². The summed E-state index contributed by atoms with van der Waals surface area (Å²) in [5, 5.41) is 10.6. The van der Waals surface area contributed by atoms with Crippen LogP contribution in [0.15, 0.2) is 17.0 Å². The Morgan fingerprint density at radius 3 is 1.38 bits per heavy atom. The molecule has 0 aromatic heterocycles. The number of unbranched alkanes of at least 4 members (excludes halogenated alkanes) is 4. The van der Waals surface area contributed by atoms with Gasteiger partial charge in [-0.15, -0.1) is 12.6 Å². The van der Waals surface area contributed by atoms with Gasteiger partial charge in [0.2, 0.25) is 0 Å². The number of phenolic OH excluding ortho intramolecular Hbond substituents is 1. The van der Waals surface area contributed by atoms with Crippen molar-refractivity contribution in [3.8, 4) is 5.75 Å². The summed E-state index contributed by atoms with van der Waals surface area (Å²) in [6.45, 7) is 8.73. The summed E-state index contributed by atoms with van der Waals surface area (Å²) in [5.74, 6) is -0.477. The van der Waals surface area contributed by atoms with Crippen molar-refractivity contribution in [1.82, 2.24) is 0 Å². The van der Waals surface area contributed by atoms with Gasteiger partial charge in [0.25, 0.3) is 0 Å². The fraction of sp³-hybridized carbons (Fsp3) is 0.533. The van der Waals surface area contributed by atoms with Crippen LogP contribution in [0, 0.1) is 0 Å². The number of carbonyl (C=O) groups excluding carboxylic acids is 2. The van der Waals surface area contributed by atoms with Crippen molar-refractivity contribution in [2.75, 3.05) is 0 Å². The topological polar surface area (TPSA) is 54.4 Å². The van der Waals surface area contributed by atoms with Gasteiger partial charge in [0.05, 0.1) is 11.1 Å². The second-order valence-corrected chi connectivity index (χ2v) is 10.1. The molecule has 0 radical (unpaired) electrons. The zero-order valence-corrected chi connectivity index (χ0v) is 22.2. The highest BCUT2D eigenvalue weighted by Crippen LogP contribution is 2.42. The molecule has 2 aromatic rings. The van der Waals surface area contributed by atoms with E-state index in [1.165, 1.54) is 17.2 Å². The predicted molar refractivity (Wildman–Crippen MR) is 143 cm³/mol. The van der Waals surface area contributed by atoms with E-state index >= 15 is 0 Å². The third-order valence-corrected chi connectivity index (χ3v) is 7.51. The molecule has 0 heterocycles. The van der Waals surface area contributed by atoms with Crippen LogP contribution in [0.2, 0.25) is 0 Å². The van der Waals surface area contributed by atoms with Crippen LogP contribution in [0.5, 0.6) is 5.75 Å².